The predicted molar refractivity (Wildman–Crippen MR) is 91.7 cm³/mol. The van der Waals surface area contributed by atoms with Gasteiger partial charge in [-0.15, -0.1) is 6.58 Å². The summed E-state index contributed by atoms with van der Waals surface area (Å²) in [7, 11) is 0. The fourth-order valence-electron chi connectivity index (χ4n) is 2.82. The van der Waals surface area contributed by atoms with Crippen molar-refractivity contribution in [2.24, 2.45) is 5.92 Å². The molecule has 0 spiro atoms. The summed E-state index contributed by atoms with van der Waals surface area (Å²) in [5.74, 6) is -2.48. The summed E-state index contributed by atoms with van der Waals surface area (Å²) in [6, 6.07) is 9.48. The maximum atomic E-state index is 12.3. The lowest BCUT2D eigenvalue weighted by Gasteiger charge is -2.24. The van der Waals surface area contributed by atoms with E-state index in [0.717, 1.165) is 16.5 Å². The van der Waals surface area contributed by atoms with Crippen molar-refractivity contribution in [2.45, 2.75) is 25.7 Å². The second-order valence-corrected chi connectivity index (χ2v) is 5.55. The summed E-state index contributed by atoms with van der Waals surface area (Å²) in [5, 5.41) is 10.2. The number of carboxylic acid groups (broad SMARTS) is 1. The van der Waals surface area contributed by atoms with Crippen LogP contribution in [0.5, 0.6) is 0 Å². The highest BCUT2D eigenvalue weighted by molar-refractivity contribution is 5.80. The van der Waals surface area contributed by atoms with Crippen molar-refractivity contribution in [2.75, 3.05) is 6.61 Å². The molecule has 2 unspecified atom stereocenters. The van der Waals surface area contributed by atoms with Crippen molar-refractivity contribution in [3.05, 3.63) is 54.7 Å². The van der Waals surface area contributed by atoms with E-state index in [1.165, 1.54) is 0 Å². The first kappa shape index (κ1) is 17.7. The van der Waals surface area contributed by atoms with E-state index in [1.54, 1.807) is 19.2 Å². The molecule has 0 fully saturated rings. The molecule has 0 saturated heterocycles. The van der Waals surface area contributed by atoms with Gasteiger partial charge in [0, 0.05) is 17.5 Å². The van der Waals surface area contributed by atoms with Crippen LogP contribution in [0.3, 0.4) is 0 Å². The van der Waals surface area contributed by atoms with E-state index in [4.69, 9.17) is 4.74 Å². The van der Waals surface area contributed by atoms with Crippen LogP contribution in [0.4, 0.5) is 0 Å². The van der Waals surface area contributed by atoms with E-state index in [2.05, 4.69) is 11.6 Å². The van der Waals surface area contributed by atoms with Crippen LogP contribution in [0.2, 0.25) is 0 Å². The van der Waals surface area contributed by atoms with E-state index in [1.807, 2.05) is 30.3 Å². The first-order valence-corrected chi connectivity index (χ1v) is 7.90. The zero-order chi connectivity index (χ0) is 17.5. The Morgan fingerprint density at radius 2 is 2.12 bits per heavy atom. The Kier molecular flexibility index (Phi) is 6.07. The molecule has 1 heterocycles. The van der Waals surface area contributed by atoms with Crippen molar-refractivity contribution in [1.82, 2.24) is 4.98 Å². The van der Waals surface area contributed by atoms with Gasteiger partial charge in [-0.2, -0.15) is 0 Å². The van der Waals surface area contributed by atoms with Crippen LogP contribution in [0.15, 0.2) is 49.2 Å². The number of rotatable bonds is 8. The van der Waals surface area contributed by atoms with Crippen molar-refractivity contribution >= 4 is 22.8 Å². The summed E-state index contributed by atoms with van der Waals surface area (Å²) in [6.45, 7) is 5.66. The molecule has 126 valence electrons. The quantitative estimate of drug-likeness (QED) is 0.593. The molecule has 5 heteroatoms. The number of aliphatic carboxylic acids is 1. The molecular weight excluding hydrogens is 306 g/mol. The smallest absolute Gasteiger partial charge is 0.309 e. The number of carbonyl (C=O) groups is 2. The molecule has 0 amide bonds. The molecule has 24 heavy (non-hydrogen) atoms. The number of nitrogens with zero attached hydrogens (tertiary/aromatic N) is 1. The zero-order valence-electron chi connectivity index (χ0n) is 13.6. The largest absolute Gasteiger partial charge is 0.481 e. The maximum Gasteiger partial charge on any atom is 0.309 e. The molecule has 0 saturated carbocycles. The van der Waals surface area contributed by atoms with Gasteiger partial charge < -0.3 is 9.84 Å². The highest BCUT2D eigenvalue weighted by Gasteiger charge is 2.32. The average molecular weight is 327 g/mol. The Morgan fingerprint density at radius 3 is 2.79 bits per heavy atom. The number of esters is 1. The van der Waals surface area contributed by atoms with Gasteiger partial charge in [0.05, 0.1) is 24.5 Å². The first-order chi connectivity index (χ1) is 11.6. The predicted octanol–water partition coefficient (Wildman–Crippen LogP) is 3.55. The number of fused-ring (bicyclic) bond motifs is 1. The minimum absolute atomic E-state index is 0.169. The van der Waals surface area contributed by atoms with Gasteiger partial charge >= 0.3 is 11.9 Å². The fraction of sp³-hybridized carbons (Fsp3) is 0.316. The van der Waals surface area contributed by atoms with Gasteiger partial charge in [-0.3, -0.25) is 14.6 Å². The third-order valence-corrected chi connectivity index (χ3v) is 3.93. The molecule has 1 aromatic heterocycles. The number of aromatic nitrogens is 1. The number of hydrogen-bond acceptors (Lipinski definition) is 4. The number of pyridine rings is 1. The lowest BCUT2D eigenvalue weighted by molar-refractivity contribution is -0.149. The second-order valence-electron chi connectivity index (χ2n) is 5.55. The van der Waals surface area contributed by atoms with Crippen LogP contribution < -0.4 is 0 Å². The second kappa shape index (κ2) is 8.24. The monoisotopic (exact) mass is 327 g/mol. The zero-order valence-corrected chi connectivity index (χ0v) is 13.6. The molecule has 0 bridgehead atoms. The van der Waals surface area contributed by atoms with Gasteiger partial charge in [0.1, 0.15) is 0 Å². The fourth-order valence-corrected chi connectivity index (χ4v) is 2.82. The van der Waals surface area contributed by atoms with Crippen molar-refractivity contribution < 1.29 is 19.4 Å². The number of benzene rings is 1. The topological polar surface area (TPSA) is 76.5 Å². The standard InChI is InChI=1S/C19H21NO4/c1-3-7-15(19(23)24-4-2)16(11-18(21)22)14-10-13-8-5-6-9-17(13)20-12-14/h3,5-6,8-10,12,15-16H,1,4,7,11H2,2H3,(H,21,22). The highest BCUT2D eigenvalue weighted by atomic mass is 16.5. The van der Waals surface area contributed by atoms with E-state index in [-0.39, 0.29) is 13.0 Å². The van der Waals surface area contributed by atoms with Gasteiger partial charge in [-0.25, -0.2) is 0 Å². The van der Waals surface area contributed by atoms with Gasteiger partial charge in [0.15, 0.2) is 0 Å². The van der Waals surface area contributed by atoms with Crippen LogP contribution in [-0.2, 0) is 14.3 Å². The first-order valence-electron chi connectivity index (χ1n) is 7.90. The Balaban J connectivity index is 2.45. The Hall–Kier alpha value is -2.69. The van der Waals surface area contributed by atoms with Gasteiger partial charge in [-0.1, -0.05) is 24.3 Å². The molecule has 0 aliphatic carbocycles. The molecule has 0 radical (unpaired) electrons. The number of hydrogen-bond donors (Lipinski definition) is 1. The summed E-state index contributed by atoms with van der Waals surface area (Å²) in [6.07, 6.45) is 3.44. The number of carboxylic acids is 1. The van der Waals surface area contributed by atoms with Crippen molar-refractivity contribution in [3.63, 3.8) is 0 Å². The van der Waals surface area contributed by atoms with Crippen LogP contribution in [0.1, 0.15) is 31.2 Å². The maximum absolute atomic E-state index is 12.3. The third kappa shape index (κ3) is 4.19. The molecule has 0 aliphatic rings. The molecule has 5 nitrogen and oxygen atoms in total. The minimum Gasteiger partial charge on any atom is -0.481 e. The molecule has 2 rings (SSSR count). The van der Waals surface area contributed by atoms with Crippen LogP contribution in [-0.4, -0.2) is 28.6 Å². The van der Waals surface area contributed by atoms with Crippen LogP contribution >= 0.6 is 0 Å². The van der Waals surface area contributed by atoms with Crippen LogP contribution in [0, 0.1) is 5.92 Å². The Labute approximate surface area is 141 Å². The van der Waals surface area contributed by atoms with E-state index in [9.17, 15) is 14.7 Å². The molecule has 0 aliphatic heterocycles. The highest BCUT2D eigenvalue weighted by Crippen LogP contribution is 2.33. The van der Waals surface area contributed by atoms with Crippen molar-refractivity contribution in [3.8, 4) is 0 Å². The van der Waals surface area contributed by atoms with E-state index < -0.39 is 23.8 Å². The summed E-state index contributed by atoms with van der Waals surface area (Å²) in [4.78, 5) is 28.0. The van der Waals surface area contributed by atoms with Gasteiger partial charge in [-0.05, 0) is 31.0 Å². The number of carbonyl (C=O) groups excluding carboxylic acids is 1. The molecule has 2 atom stereocenters. The molecular formula is C19H21NO4. The SMILES string of the molecule is C=CCC(C(=O)OCC)C(CC(=O)O)c1cnc2ccccc2c1. The Bertz CT molecular complexity index is 741. The number of ether oxygens (including phenoxy) is 1. The molecule has 2 aromatic rings. The molecule has 1 N–H and O–H groups in total. The van der Waals surface area contributed by atoms with Crippen molar-refractivity contribution in [1.29, 1.82) is 0 Å². The van der Waals surface area contributed by atoms with E-state index >= 15 is 0 Å². The third-order valence-electron chi connectivity index (χ3n) is 3.93. The summed E-state index contributed by atoms with van der Waals surface area (Å²) >= 11 is 0. The Morgan fingerprint density at radius 1 is 1.38 bits per heavy atom. The summed E-state index contributed by atoms with van der Waals surface area (Å²) < 4.78 is 5.13. The molecule has 1 aromatic carbocycles. The lowest BCUT2D eigenvalue weighted by Crippen LogP contribution is -2.26. The van der Waals surface area contributed by atoms with Gasteiger partial charge in [0.2, 0.25) is 0 Å². The normalized spacial score (nSPS) is 13.2. The van der Waals surface area contributed by atoms with Gasteiger partial charge in [0.25, 0.3) is 0 Å². The number of para-hydroxylation sites is 1. The van der Waals surface area contributed by atoms with E-state index in [0.29, 0.717) is 6.42 Å². The lowest BCUT2D eigenvalue weighted by atomic mass is 9.82. The average Bonchev–Trinajstić information content (AvgIpc) is 2.57. The van der Waals surface area contributed by atoms with Crippen LogP contribution in [0.25, 0.3) is 10.9 Å². The minimum atomic E-state index is -0.966. The summed E-state index contributed by atoms with van der Waals surface area (Å²) in [5.41, 5.74) is 1.54. The number of allylic oxidation sites excluding steroid dienone is 1.